The monoisotopic (exact) mass is 263 g/mol. The third-order valence-electron chi connectivity index (χ3n) is 2.61. The molecular weight excluding hydrogens is 242 g/mol. The van der Waals surface area contributed by atoms with Gasteiger partial charge in [0.25, 0.3) is 0 Å². The van der Waals surface area contributed by atoms with Crippen LogP contribution in [0.15, 0.2) is 24.3 Å². The molecule has 0 aliphatic heterocycles. The molecule has 1 aromatic rings. The summed E-state index contributed by atoms with van der Waals surface area (Å²) < 4.78 is 5.16. The van der Waals surface area contributed by atoms with Gasteiger partial charge in [0.1, 0.15) is 5.75 Å². The maximum Gasteiger partial charge on any atom is 0.311 e. The third kappa shape index (κ3) is 6.60. The Hall–Kier alpha value is -1.84. The van der Waals surface area contributed by atoms with E-state index in [1.807, 2.05) is 26.0 Å². The quantitative estimate of drug-likeness (QED) is 0.607. The van der Waals surface area contributed by atoms with Crippen molar-refractivity contribution >= 4 is 11.9 Å². The Morgan fingerprint density at radius 3 is 2.47 bits per heavy atom. The predicted molar refractivity (Wildman–Crippen MR) is 74.0 cm³/mol. The molecule has 0 aliphatic rings. The lowest BCUT2D eigenvalue weighted by Gasteiger charge is -2.05. The van der Waals surface area contributed by atoms with E-state index in [9.17, 15) is 9.59 Å². The average molecular weight is 263 g/mol. The number of carbonyl (C=O) groups is 2. The molecule has 0 saturated heterocycles. The Morgan fingerprint density at radius 1 is 1.16 bits per heavy atom. The van der Waals surface area contributed by atoms with Crippen molar-refractivity contribution in [3.8, 4) is 5.75 Å². The van der Waals surface area contributed by atoms with Crippen molar-refractivity contribution in [2.75, 3.05) is 6.54 Å². The molecule has 0 fully saturated rings. The van der Waals surface area contributed by atoms with E-state index >= 15 is 0 Å². The van der Waals surface area contributed by atoms with Gasteiger partial charge >= 0.3 is 5.97 Å². The predicted octanol–water partition coefficient (Wildman–Crippen LogP) is 2.60. The number of aryl methyl sites for hydroxylation is 1. The van der Waals surface area contributed by atoms with Gasteiger partial charge in [0, 0.05) is 19.4 Å². The third-order valence-corrected chi connectivity index (χ3v) is 2.61. The van der Waals surface area contributed by atoms with Crippen LogP contribution in [0.1, 0.15) is 38.2 Å². The lowest BCUT2D eigenvalue weighted by molar-refractivity contribution is -0.134. The Morgan fingerprint density at radius 2 is 1.84 bits per heavy atom. The van der Waals surface area contributed by atoms with E-state index in [1.165, 1.54) is 0 Å². The maximum atomic E-state index is 11.5. The van der Waals surface area contributed by atoms with Gasteiger partial charge in [-0.15, -0.1) is 0 Å². The van der Waals surface area contributed by atoms with Gasteiger partial charge in [-0.3, -0.25) is 9.59 Å². The topological polar surface area (TPSA) is 55.4 Å². The van der Waals surface area contributed by atoms with Crippen molar-refractivity contribution in [2.24, 2.45) is 0 Å². The van der Waals surface area contributed by atoms with Crippen molar-refractivity contribution in [3.63, 3.8) is 0 Å². The van der Waals surface area contributed by atoms with Crippen molar-refractivity contribution in [3.05, 3.63) is 29.8 Å². The summed E-state index contributed by atoms with van der Waals surface area (Å²) in [6.07, 6.45) is 2.05. The van der Waals surface area contributed by atoms with Crippen LogP contribution >= 0.6 is 0 Å². The van der Waals surface area contributed by atoms with Crippen LogP contribution in [0, 0.1) is 6.92 Å². The molecule has 1 rings (SSSR count). The molecule has 0 bridgehead atoms. The first-order chi connectivity index (χ1) is 9.11. The Kier molecular flexibility index (Phi) is 6.64. The molecular formula is C15H21NO3. The van der Waals surface area contributed by atoms with Gasteiger partial charge in [-0.2, -0.15) is 0 Å². The van der Waals surface area contributed by atoms with E-state index in [2.05, 4.69) is 5.32 Å². The highest BCUT2D eigenvalue weighted by Crippen LogP contribution is 2.12. The number of esters is 1. The van der Waals surface area contributed by atoms with Crippen molar-refractivity contribution < 1.29 is 14.3 Å². The fourth-order valence-electron chi connectivity index (χ4n) is 1.53. The lowest BCUT2D eigenvalue weighted by Crippen LogP contribution is -2.23. The van der Waals surface area contributed by atoms with Crippen LogP contribution < -0.4 is 10.1 Å². The second kappa shape index (κ2) is 8.29. The van der Waals surface area contributed by atoms with Crippen LogP contribution in [0.25, 0.3) is 0 Å². The molecule has 0 aromatic heterocycles. The first-order valence-electron chi connectivity index (χ1n) is 6.66. The van der Waals surface area contributed by atoms with E-state index in [4.69, 9.17) is 4.74 Å². The van der Waals surface area contributed by atoms with Crippen molar-refractivity contribution in [1.29, 1.82) is 0 Å². The Labute approximate surface area is 114 Å². The molecule has 4 nitrogen and oxygen atoms in total. The molecule has 104 valence electrons. The first kappa shape index (κ1) is 15.2. The van der Waals surface area contributed by atoms with Crippen LogP contribution in [-0.2, 0) is 9.59 Å². The maximum absolute atomic E-state index is 11.5. The summed E-state index contributed by atoms with van der Waals surface area (Å²) in [5.74, 6) is 0.239. The molecule has 0 saturated carbocycles. The summed E-state index contributed by atoms with van der Waals surface area (Å²) in [5.41, 5.74) is 1.12. The Bertz CT molecular complexity index is 412. The largest absolute Gasteiger partial charge is 0.427 e. The highest BCUT2D eigenvalue weighted by molar-refractivity contribution is 5.77. The summed E-state index contributed by atoms with van der Waals surface area (Å²) in [6, 6.07) is 7.31. The molecule has 0 heterocycles. The van der Waals surface area contributed by atoms with E-state index < -0.39 is 0 Å². The zero-order chi connectivity index (χ0) is 14.1. The van der Waals surface area contributed by atoms with Crippen molar-refractivity contribution in [1.82, 2.24) is 5.32 Å². The molecule has 19 heavy (non-hydrogen) atoms. The lowest BCUT2D eigenvalue weighted by atomic mass is 10.2. The summed E-state index contributed by atoms with van der Waals surface area (Å²) >= 11 is 0. The highest BCUT2D eigenvalue weighted by Gasteiger charge is 2.07. The number of benzene rings is 1. The second-order valence-electron chi connectivity index (χ2n) is 4.49. The molecule has 0 aliphatic carbocycles. The van der Waals surface area contributed by atoms with Gasteiger partial charge in [0.15, 0.2) is 0 Å². The molecule has 1 N–H and O–H groups in total. The molecule has 0 atom stereocenters. The van der Waals surface area contributed by atoms with E-state index in [1.54, 1.807) is 12.1 Å². The molecule has 4 heteroatoms. The summed E-state index contributed by atoms with van der Waals surface area (Å²) in [5, 5.41) is 2.77. The number of hydrogen-bond donors (Lipinski definition) is 1. The molecule has 0 unspecified atom stereocenters. The number of carbonyl (C=O) groups excluding carboxylic acids is 2. The van der Waals surface area contributed by atoms with Crippen LogP contribution in [0.4, 0.5) is 0 Å². The number of hydrogen-bond acceptors (Lipinski definition) is 3. The SMILES string of the molecule is CCCNC(=O)CCCC(=O)Oc1ccc(C)cc1. The second-order valence-corrected chi connectivity index (χ2v) is 4.49. The zero-order valence-electron chi connectivity index (χ0n) is 11.6. The van der Waals surface area contributed by atoms with Crippen LogP contribution in [0.2, 0.25) is 0 Å². The molecule has 0 radical (unpaired) electrons. The van der Waals surface area contributed by atoms with Gasteiger partial charge < -0.3 is 10.1 Å². The average Bonchev–Trinajstić information content (AvgIpc) is 2.39. The van der Waals surface area contributed by atoms with E-state index in [0.717, 1.165) is 12.0 Å². The van der Waals surface area contributed by atoms with Gasteiger partial charge in [-0.1, -0.05) is 24.6 Å². The van der Waals surface area contributed by atoms with E-state index in [-0.39, 0.29) is 18.3 Å². The van der Waals surface area contributed by atoms with Gasteiger partial charge in [0.05, 0.1) is 0 Å². The minimum Gasteiger partial charge on any atom is -0.427 e. The molecule has 0 spiro atoms. The van der Waals surface area contributed by atoms with Gasteiger partial charge in [-0.05, 0) is 31.9 Å². The van der Waals surface area contributed by atoms with Crippen molar-refractivity contribution in [2.45, 2.75) is 39.5 Å². The zero-order valence-corrected chi connectivity index (χ0v) is 11.6. The molecule has 1 aromatic carbocycles. The van der Waals surface area contributed by atoms with Crippen LogP contribution in [0.5, 0.6) is 5.75 Å². The highest BCUT2D eigenvalue weighted by atomic mass is 16.5. The number of amides is 1. The first-order valence-corrected chi connectivity index (χ1v) is 6.66. The number of rotatable bonds is 7. The normalized spacial score (nSPS) is 10.0. The van der Waals surface area contributed by atoms with Crippen LogP contribution in [0.3, 0.4) is 0 Å². The smallest absolute Gasteiger partial charge is 0.311 e. The summed E-state index contributed by atoms with van der Waals surface area (Å²) in [6.45, 7) is 4.66. The Balaban J connectivity index is 2.21. The number of ether oxygens (including phenoxy) is 1. The minimum atomic E-state index is -0.299. The standard InChI is InChI=1S/C15H21NO3/c1-3-11-16-14(17)5-4-6-15(18)19-13-9-7-12(2)8-10-13/h7-10H,3-6,11H2,1-2H3,(H,16,17). The number of nitrogens with one attached hydrogen (secondary N) is 1. The molecule has 1 amide bonds. The van der Waals surface area contributed by atoms with Gasteiger partial charge in [-0.25, -0.2) is 0 Å². The summed E-state index contributed by atoms with van der Waals surface area (Å²) in [7, 11) is 0. The minimum absolute atomic E-state index is 0.00927. The fourth-order valence-corrected chi connectivity index (χ4v) is 1.53. The summed E-state index contributed by atoms with van der Waals surface area (Å²) in [4.78, 5) is 22.9. The van der Waals surface area contributed by atoms with Gasteiger partial charge in [0.2, 0.25) is 5.91 Å². The fraction of sp³-hybridized carbons (Fsp3) is 0.467. The van der Waals surface area contributed by atoms with E-state index in [0.29, 0.717) is 25.1 Å². The van der Waals surface area contributed by atoms with Crippen LogP contribution in [-0.4, -0.2) is 18.4 Å².